The van der Waals surface area contributed by atoms with Gasteiger partial charge >= 0.3 is 0 Å². The Morgan fingerprint density at radius 2 is 1.67 bits per heavy atom. The summed E-state index contributed by atoms with van der Waals surface area (Å²) in [6.45, 7) is 10.8. The number of carbonyl (C=O) groups excluding carboxylic acids is 1. The molecular weight excluding hydrogens is 370 g/mol. The fourth-order valence-corrected chi connectivity index (χ4v) is 4.06. The Morgan fingerprint density at radius 1 is 0.967 bits per heavy atom. The minimum Gasteiger partial charge on any atom is -0.357 e. The molecule has 1 aromatic heterocycles. The topological polar surface area (TPSA) is 45.2 Å². The van der Waals surface area contributed by atoms with E-state index in [-0.39, 0.29) is 11.3 Å². The molecule has 1 saturated heterocycles. The van der Waals surface area contributed by atoms with Gasteiger partial charge < -0.3 is 10.2 Å². The number of aryl methyl sites for hydroxylation is 1. The van der Waals surface area contributed by atoms with Crippen molar-refractivity contribution >= 4 is 28.3 Å². The molecule has 2 aromatic carbocycles. The summed E-state index contributed by atoms with van der Waals surface area (Å²) in [6.07, 6.45) is 3.78. The normalized spacial score (nSPS) is 14.7. The average molecular weight is 402 g/mol. The van der Waals surface area contributed by atoms with Gasteiger partial charge in [-0.25, -0.2) is 4.98 Å². The average Bonchev–Trinajstić information content (AvgIpc) is 2.74. The maximum absolute atomic E-state index is 12.7. The molecule has 4 heteroatoms. The maximum atomic E-state index is 12.7. The second kappa shape index (κ2) is 8.10. The van der Waals surface area contributed by atoms with Crippen LogP contribution in [0.25, 0.3) is 10.9 Å². The van der Waals surface area contributed by atoms with Crippen molar-refractivity contribution in [2.24, 2.45) is 0 Å². The molecule has 1 aliphatic heterocycles. The highest BCUT2D eigenvalue weighted by Gasteiger charge is 2.16. The standard InChI is InChI=1S/C26H31N3O/c1-18-16-24(29-14-6-5-7-15-29)28-23-13-12-21(17-22(18)23)27-25(30)19-8-10-20(11-9-19)26(2,3)4/h8-13,16-17H,5-7,14-15H2,1-4H3,(H,27,30). The van der Waals surface area contributed by atoms with Crippen LogP contribution in [0.1, 0.15) is 61.5 Å². The van der Waals surface area contributed by atoms with E-state index >= 15 is 0 Å². The molecule has 0 atom stereocenters. The lowest BCUT2D eigenvalue weighted by Crippen LogP contribution is -2.30. The van der Waals surface area contributed by atoms with Crippen molar-refractivity contribution in [3.63, 3.8) is 0 Å². The predicted molar refractivity (Wildman–Crippen MR) is 126 cm³/mol. The molecule has 0 radical (unpaired) electrons. The van der Waals surface area contributed by atoms with Crippen LogP contribution in [0.3, 0.4) is 0 Å². The third-order valence-electron chi connectivity index (χ3n) is 5.95. The van der Waals surface area contributed by atoms with Crippen molar-refractivity contribution in [1.82, 2.24) is 4.98 Å². The minimum absolute atomic E-state index is 0.0743. The Morgan fingerprint density at radius 3 is 2.33 bits per heavy atom. The number of piperidine rings is 1. The highest BCUT2D eigenvalue weighted by atomic mass is 16.1. The molecule has 4 rings (SSSR count). The minimum atomic E-state index is -0.0923. The molecular formula is C26H31N3O. The van der Waals surface area contributed by atoms with Crippen LogP contribution < -0.4 is 10.2 Å². The summed E-state index contributed by atoms with van der Waals surface area (Å²) in [5.41, 5.74) is 4.91. The van der Waals surface area contributed by atoms with Gasteiger partial charge in [-0.05, 0) is 79.1 Å². The Labute approximate surface area is 179 Å². The number of nitrogens with one attached hydrogen (secondary N) is 1. The lowest BCUT2D eigenvalue weighted by molar-refractivity contribution is 0.102. The van der Waals surface area contributed by atoms with Crippen LogP contribution in [0.4, 0.5) is 11.5 Å². The lowest BCUT2D eigenvalue weighted by atomic mass is 9.87. The quantitative estimate of drug-likeness (QED) is 0.578. The van der Waals surface area contributed by atoms with E-state index in [9.17, 15) is 4.79 Å². The van der Waals surface area contributed by atoms with Gasteiger partial charge in [-0.15, -0.1) is 0 Å². The fraction of sp³-hybridized carbons (Fsp3) is 0.385. The molecule has 3 aromatic rings. The van der Waals surface area contributed by atoms with Gasteiger partial charge in [0.2, 0.25) is 0 Å². The number of amides is 1. The smallest absolute Gasteiger partial charge is 0.255 e. The number of hydrogen-bond acceptors (Lipinski definition) is 3. The van der Waals surface area contributed by atoms with E-state index in [0.29, 0.717) is 5.56 Å². The number of aromatic nitrogens is 1. The Hall–Kier alpha value is -2.88. The summed E-state index contributed by atoms with van der Waals surface area (Å²) in [4.78, 5) is 20.0. The monoisotopic (exact) mass is 401 g/mol. The zero-order valence-corrected chi connectivity index (χ0v) is 18.5. The predicted octanol–water partition coefficient (Wildman–Crippen LogP) is 6.08. The van der Waals surface area contributed by atoms with Crippen LogP contribution >= 0.6 is 0 Å². The number of nitrogens with zero attached hydrogens (tertiary/aromatic N) is 2. The molecule has 0 unspecified atom stereocenters. The summed E-state index contributed by atoms with van der Waals surface area (Å²) in [5, 5.41) is 4.12. The number of anilines is 2. The molecule has 156 valence electrons. The molecule has 0 bridgehead atoms. The van der Waals surface area contributed by atoms with Crippen LogP contribution in [-0.2, 0) is 5.41 Å². The second-order valence-electron chi connectivity index (χ2n) is 9.36. The van der Waals surface area contributed by atoms with Gasteiger partial charge in [0.25, 0.3) is 5.91 Å². The van der Waals surface area contributed by atoms with Crippen molar-refractivity contribution in [2.45, 2.75) is 52.4 Å². The van der Waals surface area contributed by atoms with Gasteiger partial charge in [-0.2, -0.15) is 0 Å². The molecule has 1 fully saturated rings. The van der Waals surface area contributed by atoms with Crippen molar-refractivity contribution in [3.8, 4) is 0 Å². The number of fused-ring (bicyclic) bond motifs is 1. The van der Waals surface area contributed by atoms with Crippen LogP contribution in [0, 0.1) is 6.92 Å². The molecule has 30 heavy (non-hydrogen) atoms. The summed E-state index contributed by atoms with van der Waals surface area (Å²) in [5.74, 6) is 0.973. The first kappa shape index (κ1) is 20.4. The van der Waals surface area contributed by atoms with E-state index < -0.39 is 0 Å². The molecule has 1 aliphatic rings. The molecule has 4 nitrogen and oxygen atoms in total. The molecule has 1 amide bonds. The van der Waals surface area contributed by atoms with E-state index in [0.717, 1.165) is 35.5 Å². The third kappa shape index (κ3) is 4.33. The highest BCUT2D eigenvalue weighted by molar-refractivity contribution is 6.05. The van der Waals surface area contributed by atoms with E-state index in [2.05, 4.69) is 44.0 Å². The van der Waals surface area contributed by atoms with E-state index in [4.69, 9.17) is 4.98 Å². The van der Waals surface area contributed by atoms with Gasteiger partial charge in [-0.3, -0.25) is 4.79 Å². The molecule has 1 N–H and O–H groups in total. The Balaban J connectivity index is 1.54. The van der Waals surface area contributed by atoms with Crippen LogP contribution in [0.5, 0.6) is 0 Å². The van der Waals surface area contributed by atoms with Crippen molar-refractivity contribution in [2.75, 3.05) is 23.3 Å². The van der Waals surface area contributed by atoms with Crippen LogP contribution in [-0.4, -0.2) is 24.0 Å². The third-order valence-corrected chi connectivity index (χ3v) is 5.95. The second-order valence-corrected chi connectivity index (χ2v) is 9.36. The van der Waals surface area contributed by atoms with Gasteiger partial charge in [0.15, 0.2) is 0 Å². The van der Waals surface area contributed by atoms with Gasteiger partial charge in [0.05, 0.1) is 5.52 Å². The fourth-order valence-electron chi connectivity index (χ4n) is 4.06. The number of carbonyl (C=O) groups is 1. The number of benzene rings is 2. The van der Waals surface area contributed by atoms with E-state index in [1.165, 1.54) is 30.4 Å². The van der Waals surface area contributed by atoms with Crippen LogP contribution in [0.15, 0.2) is 48.5 Å². The first-order valence-electron chi connectivity index (χ1n) is 10.9. The first-order chi connectivity index (χ1) is 14.3. The first-order valence-corrected chi connectivity index (χ1v) is 10.9. The number of rotatable bonds is 3. The van der Waals surface area contributed by atoms with Crippen molar-refractivity contribution in [3.05, 3.63) is 65.2 Å². The van der Waals surface area contributed by atoms with Gasteiger partial charge in [-0.1, -0.05) is 32.9 Å². The Kier molecular flexibility index (Phi) is 5.50. The summed E-state index contributed by atoms with van der Waals surface area (Å²) in [7, 11) is 0. The zero-order chi connectivity index (χ0) is 21.3. The maximum Gasteiger partial charge on any atom is 0.255 e. The summed E-state index contributed by atoms with van der Waals surface area (Å²) < 4.78 is 0. The molecule has 0 spiro atoms. The number of hydrogen-bond donors (Lipinski definition) is 1. The van der Waals surface area contributed by atoms with E-state index in [1.807, 2.05) is 42.5 Å². The van der Waals surface area contributed by atoms with E-state index in [1.54, 1.807) is 0 Å². The summed E-state index contributed by atoms with van der Waals surface area (Å²) in [6, 6.07) is 16.0. The largest absolute Gasteiger partial charge is 0.357 e. The van der Waals surface area contributed by atoms with Crippen molar-refractivity contribution < 1.29 is 4.79 Å². The Bertz CT molecular complexity index is 1060. The SMILES string of the molecule is Cc1cc(N2CCCCC2)nc2ccc(NC(=O)c3ccc(C(C)(C)C)cc3)cc12. The molecule has 0 aliphatic carbocycles. The lowest BCUT2D eigenvalue weighted by Gasteiger charge is -2.28. The van der Waals surface area contributed by atoms with Crippen LogP contribution in [0.2, 0.25) is 0 Å². The molecule has 0 saturated carbocycles. The zero-order valence-electron chi connectivity index (χ0n) is 18.5. The molecule has 2 heterocycles. The van der Waals surface area contributed by atoms with Gasteiger partial charge in [0.1, 0.15) is 5.82 Å². The van der Waals surface area contributed by atoms with Crippen molar-refractivity contribution in [1.29, 1.82) is 0 Å². The van der Waals surface area contributed by atoms with Gasteiger partial charge in [0, 0.05) is 29.7 Å². The summed E-state index contributed by atoms with van der Waals surface area (Å²) >= 11 is 0. The number of pyridine rings is 1. The highest BCUT2D eigenvalue weighted by Crippen LogP contribution is 2.27.